The van der Waals surface area contributed by atoms with E-state index in [0.717, 1.165) is 10.4 Å². The topological polar surface area (TPSA) is 59.4 Å². The van der Waals surface area contributed by atoms with Crippen molar-refractivity contribution in [2.45, 2.75) is 26.4 Å². The lowest BCUT2D eigenvalue weighted by Crippen LogP contribution is -2.00. The van der Waals surface area contributed by atoms with Crippen LogP contribution in [0.3, 0.4) is 0 Å². The summed E-state index contributed by atoms with van der Waals surface area (Å²) in [5, 5.41) is 9.18. The Morgan fingerprint density at radius 3 is 2.68 bits per heavy atom. The van der Waals surface area contributed by atoms with Gasteiger partial charge in [0.1, 0.15) is 12.4 Å². The van der Waals surface area contributed by atoms with Gasteiger partial charge < -0.3 is 9.84 Å². The highest BCUT2D eigenvalue weighted by molar-refractivity contribution is 7.14. The Hall–Kier alpha value is -1.88. The molecule has 0 saturated heterocycles. The summed E-state index contributed by atoms with van der Waals surface area (Å²) in [5.74, 6) is -0.207. The van der Waals surface area contributed by atoms with E-state index in [4.69, 9.17) is 4.74 Å². The van der Waals surface area contributed by atoms with Gasteiger partial charge in [0.2, 0.25) is 0 Å². The number of carboxylic acid groups (broad SMARTS) is 1. The minimum Gasteiger partial charge on any atom is -0.487 e. The molecule has 100 valence electrons. The summed E-state index contributed by atoms with van der Waals surface area (Å²) < 4.78 is 5.62. The number of thiophene rings is 1. The average Bonchev–Trinajstić information content (AvgIpc) is 2.82. The third-order valence-electron chi connectivity index (χ3n) is 2.62. The van der Waals surface area contributed by atoms with Crippen LogP contribution in [0, 0.1) is 0 Å². The molecule has 5 heteroatoms. The third-order valence-corrected chi connectivity index (χ3v) is 4.03. The minimum atomic E-state index is -0.943. The number of carboxylic acids is 1. The first-order valence-electron chi connectivity index (χ1n) is 5.96. The van der Waals surface area contributed by atoms with Crippen molar-refractivity contribution in [1.82, 2.24) is 4.98 Å². The van der Waals surface area contributed by atoms with Gasteiger partial charge in [-0.25, -0.2) is 4.79 Å². The second-order valence-electron chi connectivity index (χ2n) is 4.45. The maximum Gasteiger partial charge on any atom is 0.349 e. The maximum absolute atomic E-state index is 11.2. The Kier molecular flexibility index (Phi) is 4.16. The number of hydrogen-bond acceptors (Lipinski definition) is 4. The summed E-state index contributed by atoms with van der Waals surface area (Å²) in [4.78, 5) is 16.4. The molecule has 0 aromatic carbocycles. The van der Waals surface area contributed by atoms with Crippen molar-refractivity contribution in [2.75, 3.05) is 0 Å². The van der Waals surface area contributed by atoms with Crippen molar-refractivity contribution in [2.24, 2.45) is 0 Å². The quantitative estimate of drug-likeness (QED) is 0.908. The van der Waals surface area contributed by atoms with Crippen molar-refractivity contribution in [3.05, 3.63) is 45.9 Å². The van der Waals surface area contributed by atoms with Crippen molar-refractivity contribution in [3.8, 4) is 5.75 Å². The van der Waals surface area contributed by atoms with E-state index in [-0.39, 0.29) is 4.88 Å². The van der Waals surface area contributed by atoms with Crippen LogP contribution < -0.4 is 4.74 Å². The number of ether oxygens (including phenoxy) is 1. The van der Waals surface area contributed by atoms with Crippen LogP contribution in [0.2, 0.25) is 0 Å². The molecule has 0 aliphatic heterocycles. The van der Waals surface area contributed by atoms with E-state index in [9.17, 15) is 9.90 Å². The molecular formula is C14H15NO3S. The first kappa shape index (κ1) is 13.5. The predicted octanol–water partition coefficient (Wildman–Crippen LogP) is 3.54. The van der Waals surface area contributed by atoms with Gasteiger partial charge in [0.15, 0.2) is 4.88 Å². The zero-order valence-corrected chi connectivity index (χ0v) is 11.6. The van der Waals surface area contributed by atoms with Gasteiger partial charge in [0, 0.05) is 17.3 Å². The second kappa shape index (κ2) is 5.84. The summed E-state index contributed by atoms with van der Waals surface area (Å²) in [6, 6.07) is 5.51. The number of carbonyl (C=O) groups is 1. The zero-order valence-electron chi connectivity index (χ0n) is 10.8. The van der Waals surface area contributed by atoms with Crippen molar-refractivity contribution < 1.29 is 14.6 Å². The smallest absolute Gasteiger partial charge is 0.349 e. The largest absolute Gasteiger partial charge is 0.487 e. The first-order chi connectivity index (χ1) is 9.08. The van der Waals surface area contributed by atoms with Crippen LogP contribution in [0.5, 0.6) is 5.75 Å². The molecule has 0 radical (unpaired) electrons. The highest BCUT2D eigenvalue weighted by Gasteiger charge is 2.18. The highest BCUT2D eigenvalue weighted by Crippen LogP contribution is 2.34. The summed E-state index contributed by atoms with van der Waals surface area (Å²) >= 11 is 1.27. The Balaban J connectivity index is 2.17. The SMILES string of the molecule is CC(C)c1cc(OCc2ccncc2)c(C(=O)O)s1. The number of hydrogen-bond donors (Lipinski definition) is 1. The molecule has 0 unspecified atom stereocenters. The molecule has 19 heavy (non-hydrogen) atoms. The van der Waals surface area contributed by atoms with Gasteiger partial charge in [-0.15, -0.1) is 11.3 Å². The van der Waals surface area contributed by atoms with E-state index >= 15 is 0 Å². The molecule has 2 aromatic heterocycles. The van der Waals surface area contributed by atoms with E-state index in [2.05, 4.69) is 4.98 Å². The van der Waals surface area contributed by atoms with Gasteiger partial charge in [-0.3, -0.25) is 4.98 Å². The Morgan fingerprint density at radius 2 is 2.11 bits per heavy atom. The first-order valence-corrected chi connectivity index (χ1v) is 6.78. The molecule has 0 amide bonds. The molecule has 1 N–H and O–H groups in total. The van der Waals surface area contributed by atoms with Gasteiger partial charge in [-0.05, 0) is 29.7 Å². The molecule has 4 nitrogen and oxygen atoms in total. The fourth-order valence-corrected chi connectivity index (χ4v) is 2.52. The molecular weight excluding hydrogens is 262 g/mol. The number of aromatic nitrogens is 1. The molecule has 0 atom stereocenters. The Morgan fingerprint density at radius 1 is 1.42 bits per heavy atom. The van der Waals surface area contributed by atoms with Crippen LogP contribution in [0.1, 0.15) is 39.9 Å². The Bertz CT molecular complexity index is 563. The van der Waals surface area contributed by atoms with Crippen LogP contribution in [-0.4, -0.2) is 16.1 Å². The van der Waals surface area contributed by atoms with Gasteiger partial charge in [-0.2, -0.15) is 0 Å². The number of pyridine rings is 1. The van der Waals surface area contributed by atoms with Gasteiger partial charge in [-0.1, -0.05) is 13.8 Å². The molecule has 0 fully saturated rings. The van der Waals surface area contributed by atoms with E-state index in [0.29, 0.717) is 18.3 Å². The minimum absolute atomic E-state index is 0.262. The maximum atomic E-state index is 11.2. The molecule has 2 heterocycles. The lowest BCUT2D eigenvalue weighted by molar-refractivity contribution is 0.0697. The van der Waals surface area contributed by atoms with Crippen LogP contribution in [-0.2, 0) is 6.61 Å². The molecule has 0 saturated carbocycles. The van der Waals surface area contributed by atoms with Gasteiger partial charge in [0.25, 0.3) is 0 Å². The van der Waals surface area contributed by atoms with Crippen LogP contribution in [0.4, 0.5) is 0 Å². The lowest BCUT2D eigenvalue weighted by Gasteiger charge is -2.04. The average molecular weight is 277 g/mol. The fraction of sp³-hybridized carbons (Fsp3) is 0.286. The molecule has 2 aromatic rings. The molecule has 0 aliphatic carbocycles. The molecule has 0 spiro atoms. The predicted molar refractivity (Wildman–Crippen MR) is 73.9 cm³/mol. The molecule has 0 bridgehead atoms. The number of nitrogens with zero attached hydrogens (tertiary/aromatic N) is 1. The molecule has 0 aliphatic rings. The fourth-order valence-electron chi connectivity index (χ4n) is 1.57. The second-order valence-corrected chi connectivity index (χ2v) is 5.53. The van der Waals surface area contributed by atoms with Crippen molar-refractivity contribution in [3.63, 3.8) is 0 Å². The van der Waals surface area contributed by atoms with E-state index in [1.807, 2.05) is 32.0 Å². The van der Waals surface area contributed by atoms with E-state index < -0.39 is 5.97 Å². The summed E-state index contributed by atoms with van der Waals surface area (Å²) in [5.41, 5.74) is 0.962. The molecule has 2 rings (SSSR count). The van der Waals surface area contributed by atoms with Crippen molar-refractivity contribution in [1.29, 1.82) is 0 Å². The van der Waals surface area contributed by atoms with Crippen LogP contribution in [0.25, 0.3) is 0 Å². The van der Waals surface area contributed by atoms with Crippen LogP contribution >= 0.6 is 11.3 Å². The zero-order chi connectivity index (χ0) is 13.8. The van der Waals surface area contributed by atoms with Gasteiger partial charge >= 0.3 is 5.97 Å². The van der Waals surface area contributed by atoms with E-state index in [1.54, 1.807) is 12.4 Å². The summed E-state index contributed by atoms with van der Waals surface area (Å²) in [6.45, 7) is 4.41. The third kappa shape index (κ3) is 3.32. The normalized spacial score (nSPS) is 10.7. The number of rotatable bonds is 5. The van der Waals surface area contributed by atoms with Gasteiger partial charge in [0.05, 0.1) is 0 Å². The monoisotopic (exact) mass is 277 g/mol. The number of aromatic carboxylic acids is 1. The van der Waals surface area contributed by atoms with Crippen molar-refractivity contribution >= 4 is 17.3 Å². The highest BCUT2D eigenvalue weighted by atomic mass is 32.1. The van der Waals surface area contributed by atoms with Crippen LogP contribution in [0.15, 0.2) is 30.6 Å². The lowest BCUT2D eigenvalue weighted by atomic mass is 10.2. The standard InChI is InChI=1S/C14H15NO3S/c1-9(2)12-7-11(13(19-12)14(16)17)18-8-10-3-5-15-6-4-10/h3-7,9H,8H2,1-2H3,(H,16,17). The summed E-state index contributed by atoms with van der Waals surface area (Å²) in [7, 11) is 0. The summed E-state index contributed by atoms with van der Waals surface area (Å²) in [6.07, 6.45) is 3.37. The van der Waals surface area contributed by atoms with E-state index in [1.165, 1.54) is 11.3 Å². The Labute approximate surface area is 115 Å².